The number of nitrogens with zero attached hydrogens (tertiary/aromatic N) is 17. The minimum Gasteiger partial charge on any atom is -0.315 e. The van der Waals surface area contributed by atoms with Gasteiger partial charge in [0.05, 0.1) is 126 Å². The van der Waals surface area contributed by atoms with Gasteiger partial charge in [-0.2, -0.15) is 0 Å². The van der Waals surface area contributed by atoms with Crippen LogP contribution in [-0.4, -0.2) is 88.6 Å². The quantitative estimate of drug-likeness (QED) is 0.0635. The van der Waals surface area contributed by atoms with E-state index < -0.39 is 0 Å². The molecule has 0 spiro atoms. The van der Waals surface area contributed by atoms with E-state index in [9.17, 15) is 0 Å². The van der Waals surface area contributed by atoms with Crippen LogP contribution in [0.5, 0.6) is 0 Å². The zero-order chi connectivity index (χ0) is 91.1. The number of aromatic nitrogens is 16. The fourth-order valence-corrected chi connectivity index (χ4v) is 18.9. The van der Waals surface area contributed by atoms with E-state index >= 15 is 0 Å². The van der Waals surface area contributed by atoms with Crippen molar-refractivity contribution < 1.29 is 0 Å². The van der Waals surface area contributed by atoms with Gasteiger partial charge >= 0.3 is 0 Å². The Hall–Kier alpha value is -18.9. The highest BCUT2D eigenvalue weighted by Crippen LogP contribution is 2.44. The number of rotatable bonds is 14. The van der Waals surface area contributed by atoms with Gasteiger partial charge in [-0.15, -0.1) is 0 Å². The van der Waals surface area contributed by atoms with Crippen molar-refractivity contribution in [2.75, 3.05) is 0 Å². The van der Waals surface area contributed by atoms with Crippen LogP contribution >= 0.6 is 0 Å². The van der Waals surface area contributed by atoms with Crippen LogP contribution in [-0.2, 0) is 0 Å². The lowest BCUT2D eigenvalue weighted by Crippen LogP contribution is -2.09. The fourth-order valence-electron chi connectivity index (χ4n) is 18.9. The average Bonchev–Trinajstić information content (AvgIpc) is 1.57. The van der Waals surface area contributed by atoms with Gasteiger partial charge in [0.1, 0.15) is 0 Å². The summed E-state index contributed by atoms with van der Waals surface area (Å²) in [6, 6.07) is 119. The third kappa shape index (κ3) is 14.6. The van der Waals surface area contributed by atoms with Crippen molar-refractivity contribution in [3.63, 3.8) is 0 Å². The molecule has 0 unspecified atom stereocenters. The van der Waals surface area contributed by atoms with E-state index in [1.54, 1.807) is 49.4 Å². The first kappa shape index (κ1) is 81.5. The molecule has 0 bridgehead atoms. The SMILES string of the molecule is C=C/C=C\C(=C)C(=C)C=NC(=N)n1c2ccccc2c2ccc3ccn(-c4ccccc4)c3c21.c1ccc(-n2ccc3ccc4c5ccccc5n(-c5ccc(-c6ccccn6)nc5)c4c32)cc1.c1ccc(-n2ccc3ccc4c5ccccc5n(-c5cnc(-c6cccnc6)nc5)c4c32)cc1.c1ccc(-n2ccc3ccc4c5ccccc5n(-c5cnc(-c6ccncc6)nc5)c4c32)cc1. The molecule has 0 aliphatic heterocycles. The van der Waals surface area contributed by atoms with Gasteiger partial charge in [-0.1, -0.05) is 238 Å². The molecule has 0 saturated carbocycles. The Labute approximate surface area is 780 Å². The molecule has 14 aromatic heterocycles. The number of aliphatic imine (C=N–C) groups is 1. The topological polar surface area (TPSA) is 179 Å². The second-order valence-electron chi connectivity index (χ2n) is 32.9. The molecule has 26 aromatic rings. The predicted molar refractivity (Wildman–Crippen MR) is 557 cm³/mol. The number of allylic oxidation sites excluding steroid dienone is 5. The summed E-state index contributed by atoms with van der Waals surface area (Å²) in [6.07, 6.45) is 33.8. The predicted octanol–water partition coefficient (Wildman–Crippen LogP) is 27.8. The smallest absolute Gasteiger partial charge is 0.227 e. The summed E-state index contributed by atoms with van der Waals surface area (Å²) < 4.78 is 17.8. The number of nitrogens with one attached hydrogen (secondary N) is 1. The second kappa shape index (κ2) is 35.2. The number of para-hydroxylation sites is 8. The first-order chi connectivity index (χ1) is 67.2. The molecule has 26 rings (SSSR count). The van der Waals surface area contributed by atoms with E-state index in [0.717, 1.165) is 139 Å². The third-order valence-electron chi connectivity index (χ3n) is 25.1. The van der Waals surface area contributed by atoms with E-state index in [1.165, 1.54) is 59.5 Å². The lowest BCUT2D eigenvalue weighted by Gasteiger charge is -2.12. The van der Waals surface area contributed by atoms with Crippen molar-refractivity contribution in [2.45, 2.75) is 0 Å². The van der Waals surface area contributed by atoms with Gasteiger partial charge in [0.2, 0.25) is 5.96 Å². The number of benzene rings is 12. The lowest BCUT2D eigenvalue weighted by molar-refractivity contribution is 1.07. The van der Waals surface area contributed by atoms with E-state index in [2.05, 4.69) is 361 Å². The average molecular weight is 1750 g/mol. The molecule has 136 heavy (non-hydrogen) atoms. The van der Waals surface area contributed by atoms with E-state index in [4.69, 9.17) is 20.4 Å². The Balaban J connectivity index is 0.000000102. The molecule has 1 N–H and O–H groups in total. The summed E-state index contributed by atoms with van der Waals surface area (Å²) in [7, 11) is 0. The van der Waals surface area contributed by atoms with Gasteiger partial charge in [-0.25, -0.2) is 24.9 Å². The number of hydrogen-bond acceptors (Lipinski definition) is 9. The van der Waals surface area contributed by atoms with Crippen LogP contribution in [0.2, 0.25) is 0 Å². The van der Waals surface area contributed by atoms with Crippen molar-refractivity contribution >= 4 is 143 Å². The molecule has 0 fully saturated rings. The van der Waals surface area contributed by atoms with E-state index in [0.29, 0.717) is 17.2 Å². The Morgan fingerprint density at radius 1 is 0.272 bits per heavy atom. The molecule has 0 saturated heterocycles. The maximum Gasteiger partial charge on any atom is 0.227 e. The maximum atomic E-state index is 8.94. The van der Waals surface area contributed by atoms with Crippen LogP contribution in [0, 0.1) is 5.41 Å². The van der Waals surface area contributed by atoms with E-state index in [-0.39, 0.29) is 5.96 Å². The van der Waals surface area contributed by atoms with Crippen LogP contribution in [0.25, 0.3) is 205 Å². The molecule has 0 atom stereocenters. The highest BCUT2D eigenvalue weighted by molar-refractivity contribution is 6.24. The van der Waals surface area contributed by atoms with Crippen molar-refractivity contribution in [3.8, 4) is 74.0 Å². The zero-order valence-electron chi connectivity index (χ0n) is 73.5. The molecule has 644 valence electrons. The molecule has 18 heteroatoms. The fraction of sp³-hybridized carbons (Fsp3) is 0. The van der Waals surface area contributed by atoms with Crippen molar-refractivity contribution in [3.05, 3.63) is 482 Å². The highest BCUT2D eigenvalue weighted by Gasteiger charge is 2.25. The Morgan fingerprint density at radius 3 is 1.07 bits per heavy atom. The second-order valence-corrected chi connectivity index (χ2v) is 32.9. The molecule has 14 heterocycles. The van der Waals surface area contributed by atoms with E-state index in [1.807, 2.05) is 133 Å². The Kier molecular flexibility index (Phi) is 21.1. The zero-order valence-corrected chi connectivity index (χ0v) is 73.5. The number of pyridine rings is 4. The minimum absolute atomic E-state index is 0.112. The molecule has 0 aliphatic rings. The minimum atomic E-state index is 0.112. The normalized spacial score (nSPS) is 11.6. The standard InChI is InChI=1S/C30H20N4.C30H24N4.2C29H19N5/c1-2-8-22(9-3-1)33-19-17-21-13-15-25-24-10-4-5-12-28(24)34(30(25)29(21)33)23-14-16-27(32-20-23)26-11-6-7-18-31-26;1-4-5-11-21(2)22(3)20-32-30(31)34-27-15-10-9-14-25(27)26-17-16-23-18-19-33(28(23)29(26)34)24-12-7-6-8-13-24;1-2-8-22(9-3-1)33-16-14-20-12-13-25-24-10-4-5-11-26(24)34(28(25)27(20)33)23-18-31-29(32-19-23)21-7-6-15-30-17-21;1-2-6-22(7-3-1)33-17-14-20-10-11-25-24-8-4-5-9-26(24)34(28(25)27(20)33)23-18-31-29(32-19-23)21-12-15-30-16-13-21/h1-20H;4-20,31H,1-3H2;2*1-19H/b;11-5-,31-30?,32-20?;;. The number of fused-ring (bicyclic) bond motifs is 20. The molecule has 0 amide bonds. The first-order valence-electron chi connectivity index (χ1n) is 44.7. The van der Waals surface area contributed by atoms with Crippen LogP contribution in [0.4, 0.5) is 0 Å². The maximum absolute atomic E-state index is 8.94. The third-order valence-corrected chi connectivity index (χ3v) is 25.1. The molecule has 18 nitrogen and oxygen atoms in total. The lowest BCUT2D eigenvalue weighted by atomic mass is 10.1. The van der Waals surface area contributed by atoms with Crippen LogP contribution in [0.15, 0.2) is 487 Å². The van der Waals surface area contributed by atoms with Gasteiger partial charge in [-0.3, -0.25) is 29.9 Å². The Bertz CT molecular complexity index is 8480. The Morgan fingerprint density at radius 2 is 0.654 bits per heavy atom. The number of hydrogen-bond donors (Lipinski definition) is 1. The van der Waals surface area contributed by atoms with Crippen LogP contribution < -0.4 is 0 Å². The van der Waals surface area contributed by atoms with Crippen molar-refractivity contribution in [1.29, 1.82) is 5.41 Å². The van der Waals surface area contributed by atoms with Gasteiger partial charge < -0.3 is 32.0 Å². The summed E-state index contributed by atoms with van der Waals surface area (Å²) in [5.74, 6) is 1.46. The molecular weight excluding hydrogens is 1670 g/mol. The van der Waals surface area contributed by atoms with Crippen LogP contribution in [0.1, 0.15) is 0 Å². The summed E-state index contributed by atoms with van der Waals surface area (Å²) in [5, 5.41) is 23.1. The molecule has 0 radical (unpaired) electrons. The summed E-state index contributed by atoms with van der Waals surface area (Å²) in [5.41, 5.74) is 25.6. The van der Waals surface area contributed by atoms with Gasteiger partial charge in [0, 0.05) is 160 Å². The van der Waals surface area contributed by atoms with Gasteiger partial charge in [0.15, 0.2) is 11.6 Å². The van der Waals surface area contributed by atoms with Crippen molar-refractivity contribution in [1.82, 2.24) is 76.4 Å². The molecular formula is C118H82N18. The monoisotopic (exact) mass is 1750 g/mol. The van der Waals surface area contributed by atoms with Gasteiger partial charge in [0.25, 0.3) is 0 Å². The van der Waals surface area contributed by atoms with Gasteiger partial charge in [-0.05, 0) is 157 Å². The van der Waals surface area contributed by atoms with Crippen LogP contribution in [0.3, 0.4) is 0 Å². The summed E-state index contributed by atoms with van der Waals surface area (Å²) in [6.45, 7) is 11.7. The summed E-state index contributed by atoms with van der Waals surface area (Å²) in [4.78, 5) is 40.8. The molecule has 0 aliphatic carbocycles. The largest absolute Gasteiger partial charge is 0.315 e. The first-order valence-corrected chi connectivity index (χ1v) is 44.7. The summed E-state index contributed by atoms with van der Waals surface area (Å²) >= 11 is 0. The highest BCUT2D eigenvalue weighted by atomic mass is 15.2. The van der Waals surface area contributed by atoms with Crippen molar-refractivity contribution in [2.24, 2.45) is 4.99 Å². The molecule has 12 aromatic carbocycles.